The lowest BCUT2D eigenvalue weighted by atomic mass is 10.2. The molecule has 2 rings (SSSR count). The van der Waals surface area contributed by atoms with Crippen molar-refractivity contribution in [3.63, 3.8) is 0 Å². The Bertz CT molecular complexity index is 566. The van der Waals surface area contributed by atoms with Crippen LogP contribution in [-0.2, 0) is 7.05 Å². The second kappa shape index (κ2) is 4.46. The highest BCUT2D eigenvalue weighted by Gasteiger charge is 2.13. The number of carbonyl (C=O) groups is 1. The van der Waals surface area contributed by atoms with Gasteiger partial charge in [-0.05, 0) is 17.8 Å². The van der Waals surface area contributed by atoms with E-state index in [0.29, 0.717) is 16.3 Å². The first kappa shape index (κ1) is 11.5. The second-order valence-electron chi connectivity index (χ2n) is 3.41. The van der Waals surface area contributed by atoms with Crippen LogP contribution in [0.3, 0.4) is 0 Å². The van der Waals surface area contributed by atoms with Gasteiger partial charge >= 0.3 is 0 Å². The highest BCUT2D eigenvalue weighted by Crippen LogP contribution is 2.27. The van der Waals surface area contributed by atoms with Gasteiger partial charge in [-0.25, -0.2) is 9.97 Å². The largest absolute Gasteiger partial charge is 0.397 e. The van der Waals surface area contributed by atoms with E-state index in [-0.39, 0.29) is 0 Å². The van der Waals surface area contributed by atoms with Crippen LogP contribution in [0.5, 0.6) is 0 Å². The summed E-state index contributed by atoms with van der Waals surface area (Å²) in [6, 6.07) is 1.51. The molecule has 0 radical (unpaired) electrons. The van der Waals surface area contributed by atoms with Crippen molar-refractivity contribution in [3.8, 4) is 0 Å². The van der Waals surface area contributed by atoms with Crippen LogP contribution in [0.2, 0.25) is 0 Å². The fraction of sp³-hybridized carbons (Fsp3) is 0.100. The normalized spacial score (nSPS) is 10.4. The summed E-state index contributed by atoms with van der Waals surface area (Å²) in [5, 5.41) is 1.23. The van der Waals surface area contributed by atoms with Crippen molar-refractivity contribution in [3.05, 3.63) is 30.2 Å². The van der Waals surface area contributed by atoms with Crippen LogP contribution >= 0.6 is 11.8 Å². The molecule has 6 nitrogen and oxygen atoms in total. The molecule has 0 aliphatic heterocycles. The minimum atomic E-state index is -0.554. The number of rotatable bonds is 3. The lowest BCUT2D eigenvalue weighted by Crippen LogP contribution is -2.13. The summed E-state index contributed by atoms with van der Waals surface area (Å²) >= 11 is 1.27. The molecular weight excluding hydrogens is 238 g/mol. The summed E-state index contributed by atoms with van der Waals surface area (Å²) in [5.74, 6) is -0.554. The lowest BCUT2D eigenvalue weighted by molar-refractivity contribution is 0.0997. The highest BCUT2D eigenvalue weighted by atomic mass is 32.2. The predicted molar refractivity (Wildman–Crippen MR) is 64.5 cm³/mol. The number of anilines is 1. The van der Waals surface area contributed by atoms with Crippen molar-refractivity contribution in [2.45, 2.75) is 10.2 Å². The molecule has 2 aromatic heterocycles. The Hall–Kier alpha value is -2.02. The van der Waals surface area contributed by atoms with Gasteiger partial charge in [0.2, 0.25) is 0 Å². The molecule has 88 valence electrons. The first-order chi connectivity index (χ1) is 8.08. The molecule has 0 aliphatic carbocycles. The first-order valence-electron chi connectivity index (χ1n) is 4.78. The van der Waals surface area contributed by atoms with Crippen LogP contribution < -0.4 is 11.5 Å². The molecule has 4 N–H and O–H groups in total. The van der Waals surface area contributed by atoms with Gasteiger partial charge in [0.05, 0.1) is 17.4 Å². The molecule has 0 unspecified atom stereocenters. The number of aromatic nitrogens is 3. The van der Waals surface area contributed by atoms with E-state index in [9.17, 15) is 4.79 Å². The predicted octanol–water partition coefficient (Wildman–Crippen LogP) is 0.647. The van der Waals surface area contributed by atoms with Crippen LogP contribution in [-0.4, -0.2) is 20.4 Å². The first-order valence-corrected chi connectivity index (χ1v) is 5.60. The Morgan fingerprint density at radius 1 is 1.47 bits per heavy atom. The van der Waals surface area contributed by atoms with E-state index in [1.54, 1.807) is 6.20 Å². The van der Waals surface area contributed by atoms with Crippen LogP contribution in [0, 0.1) is 0 Å². The minimum absolute atomic E-state index is 0.304. The topological polar surface area (TPSA) is 99.8 Å². The van der Waals surface area contributed by atoms with Gasteiger partial charge < -0.3 is 16.0 Å². The molecule has 1 amide bonds. The smallest absolute Gasteiger partial charge is 0.251 e. The number of imidazole rings is 1. The minimum Gasteiger partial charge on any atom is -0.397 e. The number of nitrogens with zero attached hydrogens (tertiary/aromatic N) is 3. The van der Waals surface area contributed by atoms with Crippen LogP contribution in [0.25, 0.3) is 0 Å². The van der Waals surface area contributed by atoms with E-state index >= 15 is 0 Å². The molecule has 0 atom stereocenters. The number of primary amides is 1. The average Bonchev–Trinajstić information content (AvgIpc) is 2.67. The zero-order valence-corrected chi connectivity index (χ0v) is 9.94. The molecule has 0 fully saturated rings. The molecule has 0 aliphatic rings. The Morgan fingerprint density at radius 2 is 2.24 bits per heavy atom. The molecule has 0 bridgehead atoms. The number of amides is 1. The molecule has 0 aromatic carbocycles. The van der Waals surface area contributed by atoms with E-state index in [1.165, 1.54) is 24.0 Å². The molecule has 0 saturated carbocycles. The van der Waals surface area contributed by atoms with Gasteiger partial charge in [0.25, 0.3) is 5.91 Å². The fourth-order valence-corrected chi connectivity index (χ4v) is 2.13. The van der Waals surface area contributed by atoms with Gasteiger partial charge in [0, 0.05) is 19.4 Å². The third kappa shape index (κ3) is 2.39. The summed E-state index contributed by atoms with van der Waals surface area (Å²) < 4.78 is 1.83. The SMILES string of the molecule is Cn1ccnc1Sc1ncc(N)cc1C(N)=O. The maximum absolute atomic E-state index is 11.3. The van der Waals surface area contributed by atoms with Crippen molar-refractivity contribution < 1.29 is 4.79 Å². The van der Waals surface area contributed by atoms with Gasteiger partial charge in [-0.1, -0.05) is 0 Å². The number of nitrogen functional groups attached to an aromatic ring is 1. The number of pyridine rings is 1. The summed E-state index contributed by atoms with van der Waals surface area (Å²) in [4.78, 5) is 19.5. The van der Waals surface area contributed by atoms with Crippen LogP contribution in [0.1, 0.15) is 10.4 Å². The maximum Gasteiger partial charge on any atom is 0.251 e. The maximum atomic E-state index is 11.3. The molecule has 2 aromatic rings. The third-order valence-corrected chi connectivity index (χ3v) is 3.20. The monoisotopic (exact) mass is 249 g/mol. The average molecular weight is 249 g/mol. The van der Waals surface area contributed by atoms with Crippen molar-refractivity contribution in [2.75, 3.05) is 5.73 Å². The molecule has 0 spiro atoms. The molecule has 0 saturated heterocycles. The Labute approximate surface area is 102 Å². The van der Waals surface area contributed by atoms with Crippen molar-refractivity contribution in [1.82, 2.24) is 14.5 Å². The third-order valence-electron chi connectivity index (χ3n) is 2.10. The number of hydrogen-bond acceptors (Lipinski definition) is 5. The Morgan fingerprint density at radius 3 is 2.82 bits per heavy atom. The number of hydrogen-bond donors (Lipinski definition) is 2. The molecule has 2 heterocycles. The standard InChI is InChI=1S/C10H11N5OS/c1-15-3-2-13-10(15)17-9-7(8(12)16)4-6(11)5-14-9/h2-5H,11H2,1H3,(H2,12,16). The van der Waals surface area contributed by atoms with Crippen LogP contribution in [0.4, 0.5) is 5.69 Å². The molecule has 17 heavy (non-hydrogen) atoms. The van der Waals surface area contributed by atoms with Gasteiger partial charge in [0.1, 0.15) is 5.03 Å². The van der Waals surface area contributed by atoms with Crippen molar-refractivity contribution in [2.24, 2.45) is 12.8 Å². The number of nitrogens with two attached hydrogens (primary N) is 2. The Kier molecular flexibility index (Phi) is 3.01. The number of aryl methyl sites for hydroxylation is 1. The highest BCUT2D eigenvalue weighted by molar-refractivity contribution is 7.99. The zero-order valence-electron chi connectivity index (χ0n) is 9.12. The summed E-state index contributed by atoms with van der Waals surface area (Å²) in [7, 11) is 1.86. The zero-order chi connectivity index (χ0) is 12.4. The number of carbonyl (C=O) groups excluding carboxylic acids is 1. The van der Waals surface area contributed by atoms with Gasteiger partial charge in [0.15, 0.2) is 5.16 Å². The van der Waals surface area contributed by atoms with E-state index in [0.717, 1.165) is 5.16 Å². The van der Waals surface area contributed by atoms with E-state index in [1.807, 2.05) is 17.8 Å². The van der Waals surface area contributed by atoms with E-state index < -0.39 is 5.91 Å². The summed E-state index contributed by atoms with van der Waals surface area (Å²) in [5.41, 5.74) is 11.6. The summed E-state index contributed by atoms with van der Waals surface area (Å²) in [6.07, 6.45) is 4.96. The molecule has 7 heteroatoms. The second-order valence-corrected chi connectivity index (χ2v) is 4.36. The van der Waals surface area contributed by atoms with Crippen molar-refractivity contribution >= 4 is 23.4 Å². The van der Waals surface area contributed by atoms with Gasteiger partial charge in [-0.3, -0.25) is 4.79 Å². The Balaban J connectivity index is 2.39. The van der Waals surface area contributed by atoms with Gasteiger partial charge in [-0.15, -0.1) is 0 Å². The van der Waals surface area contributed by atoms with Crippen LogP contribution in [0.15, 0.2) is 34.8 Å². The van der Waals surface area contributed by atoms with Gasteiger partial charge in [-0.2, -0.15) is 0 Å². The lowest BCUT2D eigenvalue weighted by Gasteiger charge is -2.05. The summed E-state index contributed by atoms with van der Waals surface area (Å²) in [6.45, 7) is 0. The van der Waals surface area contributed by atoms with E-state index in [2.05, 4.69) is 9.97 Å². The fourth-order valence-electron chi connectivity index (χ4n) is 1.26. The molecular formula is C10H11N5OS. The van der Waals surface area contributed by atoms with Crippen molar-refractivity contribution in [1.29, 1.82) is 0 Å². The quantitative estimate of drug-likeness (QED) is 0.831. The van der Waals surface area contributed by atoms with E-state index in [4.69, 9.17) is 11.5 Å².